The highest BCUT2D eigenvalue weighted by Gasteiger charge is 2.17. The molecule has 1 atom stereocenters. The standard InChI is InChI=1S/C14H18O3/c1-10(2)17-12-7-5-11(6-8-12)14(15)13-4-3-9-16-13/h4-8,10,14-15H,3,9H2,1-2H3. The molecule has 0 aromatic heterocycles. The zero-order valence-corrected chi connectivity index (χ0v) is 10.2. The largest absolute Gasteiger partial charge is 0.495 e. The van der Waals surface area contributed by atoms with E-state index < -0.39 is 6.10 Å². The zero-order chi connectivity index (χ0) is 12.3. The lowest BCUT2D eigenvalue weighted by atomic mass is 10.1. The summed E-state index contributed by atoms with van der Waals surface area (Å²) in [5.74, 6) is 1.47. The maximum atomic E-state index is 10.1. The third-order valence-electron chi connectivity index (χ3n) is 2.57. The molecule has 1 N–H and O–H groups in total. The van der Waals surface area contributed by atoms with Crippen LogP contribution in [0.25, 0.3) is 0 Å². The van der Waals surface area contributed by atoms with Crippen molar-refractivity contribution in [2.45, 2.75) is 32.5 Å². The topological polar surface area (TPSA) is 38.7 Å². The fraction of sp³-hybridized carbons (Fsp3) is 0.429. The molecule has 1 aliphatic heterocycles. The van der Waals surface area contributed by atoms with Crippen LogP contribution in [-0.2, 0) is 4.74 Å². The summed E-state index contributed by atoms with van der Waals surface area (Å²) in [6, 6.07) is 7.47. The van der Waals surface area contributed by atoms with Crippen LogP contribution in [0.2, 0.25) is 0 Å². The van der Waals surface area contributed by atoms with Gasteiger partial charge in [0, 0.05) is 6.42 Å². The van der Waals surface area contributed by atoms with Gasteiger partial charge < -0.3 is 14.6 Å². The van der Waals surface area contributed by atoms with E-state index in [2.05, 4.69) is 0 Å². The van der Waals surface area contributed by atoms with E-state index in [9.17, 15) is 5.11 Å². The van der Waals surface area contributed by atoms with Crippen LogP contribution >= 0.6 is 0 Å². The average Bonchev–Trinajstić information content (AvgIpc) is 2.82. The highest BCUT2D eigenvalue weighted by Crippen LogP contribution is 2.27. The van der Waals surface area contributed by atoms with Crippen molar-refractivity contribution in [2.75, 3.05) is 6.61 Å². The predicted octanol–water partition coefficient (Wildman–Crippen LogP) is 2.81. The van der Waals surface area contributed by atoms with Gasteiger partial charge in [-0.3, -0.25) is 0 Å². The average molecular weight is 234 g/mol. The molecule has 0 bridgehead atoms. The smallest absolute Gasteiger partial charge is 0.136 e. The SMILES string of the molecule is CC(C)Oc1ccc(C(O)C2=CCCO2)cc1. The lowest BCUT2D eigenvalue weighted by Gasteiger charge is -2.14. The van der Waals surface area contributed by atoms with Crippen molar-refractivity contribution in [2.24, 2.45) is 0 Å². The van der Waals surface area contributed by atoms with Gasteiger partial charge in [0.2, 0.25) is 0 Å². The minimum Gasteiger partial charge on any atom is -0.495 e. The molecule has 92 valence electrons. The van der Waals surface area contributed by atoms with Crippen LogP contribution in [0, 0.1) is 0 Å². The van der Waals surface area contributed by atoms with E-state index >= 15 is 0 Å². The summed E-state index contributed by atoms with van der Waals surface area (Å²) < 4.78 is 10.9. The Morgan fingerprint density at radius 2 is 1.94 bits per heavy atom. The summed E-state index contributed by atoms with van der Waals surface area (Å²) in [7, 11) is 0. The molecule has 1 aliphatic rings. The van der Waals surface area contributed by atoms with Crippen molar-refractivity contribution in [3.63, 3.8) is 0 Å². The first-order valence-electron chi connectivity index (χ1n) is 5.94. The summed E-state index contributed by atoms with van der Waals surface area (Å²) in [6.45, 7) is 4.64. The first kappa shape index (κ1) is 12.0. The van der Waals surface area contributed by atoms with Crippen LogP contribution < -0.4 is 4.74 Å². The summed E-state index contributed by atoms with van der Waals surface area (Å²) >= 11 is 0. The maximum Gasteiger partial charge on any atom is 0.136 e. The van der Waals surface area contributed by atoms with Gasteiger partial charge in [-0.1, -0.05) is 12.1 Å². The fourth-order valence-corrected chi connectivity index (χ4v) is 1.79. The van der Waals surface area contributed by atoms with Gasteiger partial charge in [-0.2, -0.15) is 0 Å². The van der Waals surface area contributed by atoms with Crippen LogP contribution in [-0.4, -0.2) is 17.8 Å². The van der Waals surface area contributed by atoms with E-state index in [4.69, 9.17) is 9.47 Å². The third-order valence-corrected chi connectivity index (χ3v) is 2.57. The van der Waals surface area contributed by atoms with Crippen molar-refractivity contribution in [3.05, 3.63) is 41.7 Å². The number of rotatable bonds is 4. The molecule has 0 amide bonds. The molecular formula is C14H18O3. The van der Waals surface area contributed by atoms with Gasteiger partial charge in [0.15, 0.2) is 0 Å². The molecule has 3 heteroatoms. The van der Waals surface area contributed by atoms with Crippen LogP contribution in [0.15, 0.2) is 36.1 Å². The highest BCUT2D eigenvalue weighted by molar-refractivity contribution is 5.31. The Balaban J connectivity index is 2.06. The van der Waals surface area contributed by atoms with Gasteiger partial charge >= 0.3 is 0 Å². The number of ether oxygens (including phenoxy) is 2. The molecule has 0 radical (unpaired) electrons. The molecule has 0 saturated heterocycles. The second-order valence-corrected chi connectivity index (χ2v) is 4.38. The molecule has 0 spiro atoms. The molecule has 0 fully saturated rings. The highest BCUT2D eigenvalue weighted by atomic mass is 16.5. The van der Waals surface area contributed by atoms with E-state index in [0.717, 1.165) is 17.7 Å². The first-order valence-corrected chi connectivity index (χ1v) is 5.94. The van der Waals surface area contributed by atoms with Gasteiger partial charge in [-0.15, -0.1) is 0 Å². The molecule has 1 aromatic rings. The van der Waals surface area contributed by atoms with Gasteiger partial charge in [0.1, 0.15) is 17.6 Å². The monoisotopic (exact) mass is 234 g/mol. The molecule has 2 rings (SSSR count). The Bertz CT molecular complexity index is 392. The van der Waals surface area contributed by atoms with Crippen LogP contribution in [0.1, 0.15) is 31.9 Å². The van der Waals surface area contributed by atoms with Crippen molar-refractivity contribution >= 4 is 0 Å². The summed E-state index contributed by atoms with van der Waals surface area (Å²) in [5.41, 5.74) is 0.828. The Morgan fingerprint density at radius 3 is 2.47 bits per heavy atom. The third kappa shape index (κ3) is 3.01. The van der Waals surface area contributed by atoms with E-state index in [0.29, 0.717) is 12.4 Å². The van der Waals surface area contributed by atoms with Gasteiger partial charge in [-0.05, 0) is 37.6 Å². The Kier molecular flexibility index (Phi) is 3.69. The summed E-state index contributed by atoms with van der Waals surface area (Å²) in [5, 5.41) is 10.1. The van der Waals surface area contributed by atoms with Gasteiger partial charge in [0.05, 0.1) is 12.7 Å². The fourth-order valence-electron chi connectivity index (χ4n) is 1.79. The molecule has 1 heterocycles. The van der Waals surface area contributed by atoms with Crippen LogP contribution in [0.5, 0.6) is 5.75 Å². The molecule has 0 aliphatic carbocycles. The second kappa shape index (κ2) is 5.23. The minimum atomic E-state index is -0.661. The predicted molar refractivity (Wildman–Crippen MR) is 65.8 cm³/mol. The van der Waals surface area contributed by atoms with Crippen molar-refractivity contribution in [3.8, 4) is 5.75 Å². The van der Waals surface area contributed by atoms with E-state index in [1.165, 1.54) is 0 Å². The molecule has 1 aromatic carbocycles. The lowest BCUT2D eigenvalue weighted by Crippen LogP contribution is -2.06. The first-order chi connectivity index (χ1) is 8.16. The quantitative estimate of drug-likeness (QED) is 0.870. The van der Waals surface area contributed by atoms with E-state index in [1.807, 2.05) is 44.2 Å². The van der Waals surface area contributed by atoms with Gasteiger partial charge in [0.25, 0.3) is 0 Å². The normalized spacial score (nSPS) is 16.6. The second-order valence-electron chi connectivity index (χ2n) is 4.38. The van der Waals surface area contributed by atoms with Crippen molar-refractivity contribution < 1.29 is 14.6 Å². The maximum absolute atomic E-state index is 10.1. The van der Waals surface area contributed by atoms with Crippen LogP contribution in [0.4, 0.5) is 0 Å². The van der Waals surface area contributed by atoms with Crippen LogP contribution in [0.3, 0.4) is 0 Å². The van der Waals surface area contributed by atoms with Crippen molar-refractivity contribution in [1.29, 1.82) is 0 Å². The van der Waals surface area contributed by atoms with Crippen molar-refractivity contribution in [1.82, 2.24) is 0 Å². The molecule has 1 unspecified atom stereocenters. The number of hydrogen-bond acceptors (Lipinski definition) is 3. The number of benzene rings is 1. The molecule has 0 saturated carbocycles. The van der Waals surface area contributed by atoms with E-state index in [-0.39, 0.29) is 6.10 Å². The Morgan fingerprint density at radius 1 is 1.24 bits per heavy atom. The Labute approximate surface area is 102 Å². The molecular weight excluding hydrogens is 216 g/mol. The Hall–Kier alpha value is -1.48. The van der Waals surface area contributed by atoms with E-state index in [1.54, 1.807) is 0 Å². The number of hydrogen-bond donors (Lipinski definition) is 1. The number of aliphatic hydroxyl groups excluding tert-OH is 1. The molecule has 3 nitrogen and oxygen atoms in total. The summed E-state index contributed by atoms with van der Waals surface area (Å²) in [4.78, 5) is 0. The molecule has 17 heavy (non-hydrogen) atoms. The minimum absolute atomic E-state index is 0.159. The van der Waals surface area contributed by atoms with Gasteiger partial charge in [-0.25, -0.2) is 0 Å². The zero-order valence-electron chi connectivity index (χ0n) is 10.2. The summed E-state index contributed by atoms with van der Waals surface area (Å²) in [6.07, 6.45) is 2.31. The number of aliphatic hydroxyl groups is 1. The lowest BCUT2D eigenvalue weighted by molar-refractivity contribution is 0.119.